The van der Waals surface area contributed by atoms with Crippen LogP contribution in [0.4, 0.5) is 4.39 Å². The van der Waals surface area contributed by atoms with Crippen LogP contribution in [0.15, 0.2) is 18.2 Å². The Morgan fingerprint density at radius 3 is 3.11 bits per heavy atom. The summed E-state index contributed by atoms with van der Waals surface area (Å²) in [5.41, 5.74) is 0.802. The highest BCUT2D eigenvalue weighted by molar-refractivity contribution is 5.78. The monoisotopic (exact) mass is 247 g/mol. The summed E-state index contributed by atoms with van der Waals surface area (Å²) in [7, 11) is 0. The third-order valence-electron chi connectivity index (χ3n) is 2.95. The molecule has 1 heterocycles. The molecule has 1 fully saturated rings. The Labute approximate surface area is 105 Å². The van der Waals surface area contributed by atoms with Crippen molar-refractivity contribution in [3.8, 4) is 6.07 Å². The van der Waals surface area contributed by atoms with E-state index in [2.05, 4.69) is 5.32 Å². The van der Waals surface area contributed by atoms with Crippen LogP contribution in [-0.4, -0.2) is 30.4 Å². The van der Waals surface area contributed by atoms with Crippen LogP contribution in [-0.2, 0) is 11.3 Å². The Balaban J connectivity index is 2.17. The van der Waals surface area contributed by atoms with E-state index in [1.54, 1.807) is 4.90 Å². The summed E-state index contributed by atoms with van der Waals surface area (Å²) in [6, 6.07) is 6.18. The van der Waals surface area contributed by atoms with Crippen LogP contribution in [0.5, 0.6) is 0 Å². The number of hydrogen-bond acceptors (Lipinski definition) is 3. The maximum atomic E-state index is 13.6. The Bertz CT molecular complexity index is 495. The van der Waals surface area contributed by atoms with Crippen molar-refractivity contribution in [1.82, 2.24) is 10.2 Å². The van der Waals surface area contributed by atoms with Crippen LogP contribution in [0.25, 0.3) is 0 Å². The van der Waals surface area contributed by atoms with Gasteiger partial charge in [-0.15, -0.1) is 0 Å². The van der Waals surface area contributed by atoms with E-state index in [1.807, 2.05) is 6.07 Å². The van der Waals surface area contributed by atoms with Gasteiger partial charge in [0, 0.05) is 18.7 Å². The normalized spacial score (nSPS) is 16.2. The van der Waals surface area contributed by atoms with E-state index in [9.17, 15) is 9.18 Å². The first kappa shape index (κ1) is 12.5. The number of carbonyl (C=O) groups excluding carboxylic acids is 1. The molecule has 0 aliphatic carbocycles. The minimum absolute atomic E-state index is 0.0331. The lowest BCUT2D eigenvalue weighted by molar-refractivity contribution is -0.130. The molecule has 94 valence electrons. The SMILES string of the molecule is N#Cc1ccc(F)c(CN2CCCNCC2=O)c1. The third kappa shape index (κ3) is 2.84. The maximum Gasteiger partial charge on any atom is 0.236 e. The third-order valence-corrected chi connectivity index (χ3v) is 2.95. The number of nitrogens with one attached hydrogen (secondary N) is 1. The van der Waals surface area contributed by atoms with Gasteiger partial charge >= 0.3 is 0 Å². The molecule has 0 radical (unpaired) electrons. The molecule has 1 N–H and O–H groups in total. The Hall–Kier alpha value is -1.93. The van der Waals surface area contributed by atoms with Crippen molar-refractivity contribution in [1.29, 1.82) is 5.26 Å². The zero-order valence-electron chi connectivity index (χ0n) is 9.95. The lowest BCUT2D eigenvalue weighted by atomic mass is 10.1. The number of nitrogens with zero attached hydrogens (tertiary/aromatic N) is 2. The molecule has 1 amide bonds. The predicted octanol–water partition coefficient (Wildman–Crippen LogP) is 1.02. The van der Waals surface area contributed by atoms with Crippen molar-refractivity contribution < 1.29 is 9.18 Å². The summed E-state index contributed by atoms with van der Waals surface area (Å²) in [5.74, 6) is -0.409. The fourth-order valence-corrected chi connectivity index (χ4v) is 1.97. The van der Waals surface area contributed by atoms with E-state index in [-0.39, 0.29) is 18.3 Å². The average molecular weight is 247 g/mol. The van der Waals surface area contributed by atoms with Gasteiger partial charge in [0.15, 0.2) is 0 Å². The first-order chi connectivity index (χ1) is 8.70. The molecule has 4 nitrogen and oxygen atoms in total. The van der Waals surface area contributed by atoms with Gasteiger partial charge in [0.25, 0.3) is 0 Å². The first-order valence-corrected chi connectivity index (χ1v) is 5.88. The van der Waals surface area contributed by atoms with Crippen molar-refractivity contribution in [2.45, 2.75) is 13.0 Å². The van der Waals surface area contributed by atoms with Gasteiger partial charge in [-0.25, -0.2) is 4.39 Å². The van der Waals surface area contributed by atoms with Gasteiger partial charge in [0.05, 0.1) is 18.2 Å². The van der Waals surface area contributed by atoms with Gasteiger partial charge in [0.1, 0.15) is 5.82 Å². The molecule has 1 aromatic carbocycles. The fraction of sp³-hybridized carbons (Fsp3) is 0.385. The van der Waals surface area contributed by atoms with E-state index >= 15 is 0 Å². The van der Waals surface area contributed by atoms with Gasteiger partial charge in [-0.2, -0.15) is 5.26 Å². The molecule has 0 unspecified atom stereocenters. The Kier molecular flexibility index (Phi) is 3.90. The second kappa shape index (κ2) is 5.61. The van der Waals surface area contributed by atoms with Gasteiger partial charge in [0.2, 0.25) is 5.91 Å². The van der Waals surface area contributed by atoms with Crippen molar-refractivity contribution in [3.63, 3.8) is 0 Å². The standard InChI is InChI=1S/C13H14FN3O/c14-12-3-2-10(7-15)6-11(12)9-17-5-1-4-16-8-13(17)18/h2-3,6,16H,1,4-5,8-9H2. The minimum Gasteiger partial charge on any atom is -0.337 e. The molecule has 2 rings (SSSR count). The zero-order chi connectivity index (χ0) is 13.0. The molecular formula is C13H14FN3O. The Morgan fingerprint density at radius 1 is 1.50 bits per heavy atom. The molecule has 0 bridgehead atoms. The molecule has 0 aromatic heterocycles. The number of carbonyl (C=O) groups is 1. The highest BCUT2D eigenvalue weighted by Crippen LogP contribution is 2.13. The van der Waals surface area contributed by atoms with Crippen LogP contribution >= 0.6 is 0 Å². The molecule has 18 heavy (non-hydrogen) atoms. The predicted molar refractivity (Wildman–Crippen MR) is 64.0 cm³/mol. The molecule has 1 aliphatic rings. The summed E-state index contributed by atoms with van der Waals surface area (Å²) in [6.45, 7) is 1.92. The van der Waals surface area contributed by atoms with E-state index < -0.39 is 0 Å². The fourth-order valence-electron chi connectivity index (χ4n) is 1.97. The van der Waals surface area contributed by atoms with Crippen molar-refractivity contribution in [2.24, 2.45) is 0 Å². The number of amides is 1. The smallest absolute Gasteiger partial charge is 0.236 e. The molecule has 5 heteroatoms. The van der Waals surface area contributed by atoms with Gasteiger partial charge in [-0.1, -0.05) is 0 Å². The van der Waals surface area contributed by atoms with Crippen LogP contribution in [0.2, 0.25) is 0 Å². The van der Waals surface area contributed by atoms with E-state index in [0.29, 0.717) is 24.2 Å². The summed E-state index contributed by atoms with van der Waals surface area (Å²) >= 11 is 0. The Morgan fingerprint density at radius 2 is 2.33 bits per heavy atom. The zero-order valence-corrected chi connectivity index (χ0v) is 9.95. The molecule has 0 saturated carbocycles. The number of benzene rings is 1. The number of nitriles is 1. The van der Waals surface area contributed by atoms with Crippen LogP contribution < -0.4 is 5.32 Å². The van der Waals surface area contributed by atoms with Gasteiger partial charge in [-0.3, -0.25) is 4.79 Å². The lowest BCUT2D eigenvalue weighted by Gasteiger charge is -2.20. The molecular weight excluding hydrogens is 233 g/mol. The van der Waals surface area contributed by atoms with Crippen LogP contribution in [0.3, 0.4) is 0 Å². The van der Waals surface area contributed by atoms with Crippen LogP contribution in [0, 0.1) is 17.1 Å². The molecule has 0 atom stereocenters. The van der Waals surface area contributed by atoms with Crippen molar-refractivity contribution in [3.05, 3.63) is 35.1 Å². The molecule has 1 saturated heterocycles. The number of halogens is 1. The largest absolute Gasteiger partial charge is 0.337 e. The van der Waals surface area contributed by atoms with Gasteiger partial charge in [-0.05, 0) is 31.2 Å². The van der Waals surface area contributed by atoms with E-state index in [4.69, 9.17) is 5.26 Å². The lowest BCUT2D eigenvalue weighted by Crippen LogP contribution is -2.34. The number of hydrogen-bond donors (Lipinski definition) is 1. The second-order valence-corrected chi connectivity index (χ2v) is 4.26. The topological polar surface area (TPSA) is 56.1 Å². The maximum absolute atomic E-state index is 13.6. The summed E-state index contributed by atoms with van der Waals surface area (Å²) in [6.07, 6.45) is 0.852. The van der Waals surface area contributed by atoms with Gasteiger partial charge < -0.3 is 10.2 Å². The second-order valence-electron chi connectivity index (χ2n) is 4.26. The van der Waals surface area contributed by atoms with Crippen molar-refractivity contribution >= 4 is 5.91 Å². The first-order valence-electron chi connectivity index (χ1n) is 5.88. The average Bonchev–Trinajstić information content (AvgIpc) is 2.58. The summed E-state index contributed by atoms with van der Waals surface area (Å²) in [4.78, 5) is 13.4. The quantitative estimate of drug-likeness (QED) is 0.849. The van der Waals surface area contributed by atoms with E-state index in [0.717, 1.165) is 13.0 Å². The highest BCUT2D eigenvalue weighted by Gasteiger charge is 2.17. The van der Waals surface area contributed by atoms with E-state index in [1.165, 1.54) is 18.2 Å². The van der Waals surface area contributed by atoms with Crippen molar-refractivity contribution in [2.75, 3.05) is 19.6 Å². The molecule has 1 aromatic rings. The summed E-state index contributed by atoms with van der Waals surface area (Å²) in [5, 5.41) is 11.8. The highest BCUT2D eigenvalue weighted by atomic mass is 19.1. The number of rotatable bonds is 2. The molecule has 1 aliphatic heterocycles. The molecule has 0 spiro atoms. The summed E-state index contributed by atoms with van der Waals surface area (Å²) < 4.78 is 13.6. The van der Waals surface area contributed by atoms with Crippen LogP contribution in [0.1, 0.15) is 17.5 Å². The minimum atomic E-state index is -0.376.